The highest BCUT2D eigenvalue weighted by molar-refractivity contribution is 9.10. The summed E-state index contributed by atoms with van der Waals surface area (Å²) in [6.07, 6.45) is 0. The molecule has 0 radical (unpaired) electrons. The molecule has 2 nitrogen and oxygen atoms in total. The van der Waals surface area contributed by atoms with Crippen LogP contribution in [0.4, 0.5) is 0 Å². The van der Waals surface area contributed by atoms with E-state index < -0.39 is 0 Å². The standard InChI is InChI=1S/C13H11BrO.C6H5BrO/c14-12-8-4-5-9-13(12)15-10-11-6-2-1-3-7-11;7-5-3-1-2-4-6(5)8/h1-9H,10H2;1-4,8H. The molecule has 0 saturated carbocycles. The zero-order valence-corrected chi connectivity index (χ0v) is 15.5. The van der Waals surface area contributed by atoms with Crippen molar-refractivity contribution in [3.8, 4) is 11.5 Å². The van der Waals surface area contributed by atoms with E-state index in [9.17, 15) is 0 Å². The van der Waals surface area contributed by atoms with Crippen LogP contribution in [-0.2, 0) is 6.61 Å². The van der Waals surface area contributed by atoms with Crippen LogP contribution in [0.2, 0.25) is 0 Å². The van der Waals surface area contributed by atoms with Crippen molar-refractivity contribution < 1.29 is 9.84 Å². The molecule has 0 aliphatic heterocycles. The Balaban J connectivity index is 0.000000203. The second-order valence-electron chi connectivity index (χ2n) is 4.66. The summed E-state index contributed by atoms with van der Waals surface area (Å²) in [6.45, 7) is 0.601. The van der Waals surface area contributed by atoms with Crippen molar-refractivity contribution in [1.29, 1.82) is 0 Å². The van der Waals surface area contributed by atoms with Crippen molar-refractivity contribution in [2.45, 2.75) is 6.61 Å². The molecule has 118 valence electrons. The third-order valence-electron chi connectivity index (χ3n) is 2.93. The lowest BCUT2D eigenvalue weighted by Gasteiger charge is -2.07. The number of hydrogen-bond acceptors (Lipinski definition) is 2. The van der Waals surface area contributed by atoms with E-state index in [2.05, 4.69) is 44.0 Å². The van der Waals surface area contributed by atoms with Gasteiger partial charge in [0.25, 0.3) is 0 Å². The van der Waals surface area contributed by atoms with E-state index in [1.54, 1.807) is 18.2 Å². The summed E-state index contributed by atoms with van der Waals surface area (Å²) in [7, 11) is 0. The smallest absolute Gasteiger partial charge is 0.133 e. The van der Waals surface area contributed by atoms with Crippen LogP contribution in [0.15, 0.2) is 87.8 Å². The van der Waals surface area contributed by atoms with Gasteiger partial charge in [-0.1, -0.05) is 54.6 Å². The second-order valence-corrected chi connectivity index (χ2v) is 6.36. The summed E-state index contributed by atoms with van der Waals surface area (Å²) in [6, 6.07) is 25.0. The van der Waals surface area contributed by atoms with Crippen molar-refractivity contribution in [2.75, 3.05) is 0 Å². The SMILES string of the molecule is Brc1ccccc1OCc1ccccc1.Oc1ccccc1Br. The van der Waals surface area contributed by atoms with Crippen LogP contribution in [0.3, 0.4) is 0 Å². The number of ether oxygens (including phenoxy) is 1. The summed E-state index contributed by atoms with van der Waals surface area (Å²) in [5, 5.41) is 8.87. The molecular formula is C19H16Br2O2. The molecule has 0 saturated heterocycles. The zero-order valence-electron chi connectivity index (χ0n) is 12.3. The topological polar surface area (TPSA) is 29.5 Å². The molecule has 3 rings (SSSR count). The highest BCUT2D eigenvalue weighted by Crippen LogP contribution is 2.24. The van der Waals surface area contributed by atoms with Crippen molar-refractivity contribution in [3.05, 3.63) is 93.4 Å². The Labute approximate surface area is 153 Å². The van der Waals surface area contributed by atoms with Gasteiger partial charge in [-0.15, -0.1) is 0 Å². The van der Waals surface area contributed by atoms with Crippen molar-refractivity contribution in [1.82, 2.24) is 0 Å². The minimum Gasteiger partial charge on any atom is -0.507 e. The van der Waals surface area contributed by atoms with Crippen LogP contribution in [0.5, 0.6) is 11.5 Å². The first-order valence-corrected chi connectivity index (χ1v) is 8.60. The van der Waals surface area contributed by atoms with Gasteiger partial charge in [0.1, 0.15) is 18.1 Å². The first-order valence-electron chi connectivity index (χ1n) is 7.01. The third-order valence-corrected chi connectivity index (χ3v) is 4.25. The fourth-order valence-corrected chi connectivity index (χ4v) is 2.43. The van der Waals surface area contributed by atoms with E-state index in [0.29, 0.717) is 6.61 Å². The van der Waals surface area contributed by atoms with Gasteiger partial charge in [0, 0.05) is 0 Å². The number of halogens is 2. The molecule has 0 spiro atoms. The maximum atomic E-state index is 8.87. The van der Waals surface area contributed by atoms with Gasteiger partial charge < -0.3 is 9.84 Å². The minimum absolute atomic E-state index is 0.285. The third kappa shape index (κ3) is 6.08. The molecule has 3 aromatic rings. The molecule has 0 aromatic heterocycles. The minimum atomic E-state index is 0.285. The maximum Gasteiger partial charge on any atom is 0.133 e. The van der Waals surface area contributed by atoms with Crippen LogP contribution in [-0.4, -0.2) is 5.11 Å². The number of hydrogen-bond donors (Lipinski definition) is 1. The van der Waals surface area contributed by atoms with Gasteiger partial charge in [-0.25, -0.2) is 0 Å². The number of phenolic OH excluding ortho intramolecular Hbond substituents is 1. The molecule has 3 aromatic carbocycles. The van der Waals surface area contributed by atoms with Crippen molar-refractivity contribution in [3.63, 3.8) is 0 Å². The normalized spacial score (nSPS) is 9.65. The quantitative estimate of drug-likeness (QED) is 0.531. The molecule has 0 aliphatic rings. The van der Waals surface area contributed by atoms with Crippen molar-refractivity contribution in [2.24, 2.45) is 0 Å². The molecule has 0 fully saturated rings. The number of phenols is 1. The Morgan fingerprint density at radius 1 is 0.696 bits per heavy atom. The lowest BCUT2D eigenvalue weighted by atomic mass is 10.2. The second kappa shape index (κ2) is 9.38. The molecule has 0 unspecified atom stereocenters. The predicted molar refractivity (Wildman–Crippen MR) is 101 cm³/mol. The molecular weight excluding hydrogens is 420 g/mol. The molecule has 0 aliphatic carbocycles. The van der Waals surface area contributed by atoms with Gasteiger partial charge in [-0.05, 0) is 61.7 Å². The largest absolute Gasteiger partial charge is 0.507 e. The van der Waals surface area contributed by atoms with E-state index in [4.69, 9.17) is 9.84 Å². The highest BCUT2D eigenvalue weighted by atomic mass is 79.9. The first kappa shape index (κ1) is 17.6. The fraction of sp³-hybridized carbons (Fsp3) is 0.0526. The van der Waals surface area contributed by atoms with Gasteiger partial charge in [0.2, 0.25) is 0 Å². The van der Waals surface area contributed by atoms with Crippen LogP contribution in [0, 0.1) is 0 Å². The number of para-hydroxylation sites is 2. The lowest BCUT2D eigenvalue weighted by Crippen LogP contribution is -1.95. The predicted octanol–water partition coefficient (Wildman–Crippen LogP) is 6.18. The van der Waals surface area contributed by atoms with Crippen LogP contribution in [0.1, 0.15) is 5.56 Å². The Hall–Kier alpha value is -1.78. The van der Waals surface area contributed by atoms with Crippen LogP contribution in [0.25, 0.3) is 0 Å². The van der Waals surface area contributed by atoms with Gasteiger partial charge >= 0.3 is 0 Å². The van der Waals surface area contributed by atoms with Gasteiger partial charge in [-0.3, -0.25) is 0 Å². The summed E-state index contributed by atoms with van der Waals surface area (Å²) >= 11 is 6.59. The summed E-state index contributed by atoms with van der Waals surface area (Å²) in [5.74, 6) is 1.16. The van der Waals surface area contributed by atoms with Gasteiger partial charge in [0.15, 0.2) is 0 Å². The summed E-state index contributed by atoms with van der Waals surface area (Å²) in [5.41, 5.74) is 1.17. The Morgan fingerprint density at radius 2 is 1.26 bits per heavy atom. The molecule has 23 heavy (non-hydrogen) atoms. The summed E-state index contributed by atoms with van der Waals surface area (Å²) < 4.78 is 7.40. The van der Waals surface area contributed by atoms with E-state index in [1.807, 2.05) is 48.5 Å². The molecule has 0 atom stereocenters. The molecule has 1 N–H and O–H groups in total. The lowest BCUT2D eigenvalue weighted by molar-refractivity contribution is 0.304. The Kier molecular flexibility index (Phi) is 7.17. The highest BCUT2D eigenvalue weighted by Gasteiger charge is 1.99. The van der Waals surface area contributed by atoms with E-state index >= 15 is 0 Å². The monoisotopic (exact) mass is 434 g/mol. The number of rotatable bonds is 3. The number of aromatic hydroxyl groups is 1. The average molecular weight is 436 g/mol. The molecule has 0 bridgehead atoms. The average Bonchev–Trinajstić information content (AvgIpc) is 2.58. The fourth-order valence-electron chi connectivity index (χ4n) is 1.75. The molecule has 4 heteroatoms. The van der Waals surface area contributed by atoms with Gasteiger partial charge in [0.05, 0.1) is 8.95 Å². The van der Waals surface area contributed by atoms with E-state index in [1.165, 1.54) is 5.56 Å². The van der Waals surface area contributed by atoms with E-state index in [-0.39, 0.29) is 5.75 Å². The van der Waals surface area contributed by atoms with Crippen LogP contribution < -0.4 is 4.74 Å². The van der Waals surface area contributed by atoms with Crippen LogP contribution >= 0.6 is 31.9 Å². The molecule has 0 heterocycles. The summed E-state index contributed by atoms with van der Waals surface area (Å²) in [4.78, 5) is 0. The Morgan fingerprint density at radius 3 is 1.83 bits per heavy atom. The Bertz CT molecular complexity index is 709. The zero-order chi connectivity index (χ0) is 16.5. The molecule has 0 amide bonds. The van der Waals surface area contributed by atoms with E-state index in [0.717, 1.165) is 14.7 Å². The number of benzene rings is 3. The van der Waals surface area contributed by atoms with Crippen molar-refractivity contribution >= 4 is 31.9 Å². The maximum absolute atomic E-state index is 8.87. The first-order chi connectivity index (χ1) is 11.2. The van der Waals surface area contributed by atoms with Gasteiger partial charge in [-0.2, -0.15) is 0 Å².